The van der Waals surface area contributed by atoms with Crippen LogP contribution in [0.5, 0.6) is 0 Å². The van der Waals surface area contributed by atoms with Gasteiger partial charge in [-0.3, -0.25) is 14.4 Å². The molecule has 0 aliphatic carbocycles. The number of aryl methyl sites for hydroxylation is 2. The number of nitrogens with one attached hydrogen (secondary N) is 2. The van der Waals surface area contributed by atoms with Gasteiger partial charge in [0.2, 0.25) is 6.23 Å². The summed E-state index contributed by atoms with van der Waals surface area (Å²) in [5.74, 6) is -4.01. The zero-order valence-electron chi connectivity index (χ0n) is 24.9. The number of rotatable bonds is 10. The van der Waals surface area contributed by atoms with Gasteiger partial charge in [0.15, 0.2) is 12.7 Å². The molecule has 0 radical (unpaired) electrons. The van der Waals surface area contributed by atoms with Crippen molar-refractivity contribution < 1.29 is 56.3 Å². The fourth-order valence-corrected chi connectivity index (χ4v) is 4.94. The number of carbonyl (C=O) groups excluding carboxylic acids is 1. The molecule has 1 aliphatic heterocycles. The zero-order valence-corrected chi connectivity index (χ0v) is 25.8. The quantitative estimate of drug-likeness (QED) is 0.235. The topological polar surface area (TPSA) is 190 Å². The standard InChI is InChI=1S/C21H22F2N3O10P.C6H15N/c1-10-5-11(2)16-12(6-10)7-13(35-16)8-33-20(29)25-15-3-4-26(19(28)24-15)18-21(22,23)17(27)14(36-18)9-34-37(30,31)32;1-4-7(5-2)6-3/h3-7,14,17-18,27H,8-9H2,1-2H3,(H2,30,31,32)(H,24,25,28,29);4-6H2,1-3H3/t14-,17-,18-;/m1./s1. The number of halogens is 2. The summed E-state index contributed by atoms with van der Waals surface area (Å²) in [6, 6.07) is 6.57. The fraction of sp³-hybridized carbons (Fsp3) is 0.519. The first kappa shape index (κ1) is 35.2. The van der Waals surface area contributed by atoms with Crippen LogP contribution in [0, 0.1) is 13.8 Å². The van der Waals surface area contributed by atoms with Crippen molar-refractivity contribution in [3.8, 4) is 0 Å². The summed E-state index contributed by atoms with van der Waals surface area (Å²) in [5, 5.41) is 12.8. The number of benzene rings is 1. The van der Waals surface area contributed by atoms with E-state index in [-0.39, 0.29) is 12.4 Å². The number of alkyl halides is 2. The number of phosphoric acid groups is 1. The van der Waals surface area contributed by atoms with Crippen LogP contribution in [0.2, 0.25) is 0 Å². The summed E-state index contributed by atoms with van der Waals surface area (Å²) in [4.78, 5) is 49.0. The second-order valence-electron chi connectivity index (χ2n) is 10.1. The second kappa shape index (κ2) is 14.7. The van der Waals surface area contributed by atoms with Crippen LogP contribution in [0.15, 0.2) is 39.7 Å². The minimum atomic E-state index is -5.27. The molecular formula is C27H37F2N4O10P. The number of nitrogens with zero attached hydrogens (tertiary/aromatic N) is 2. The lowest BCUT2D eigenvalue weighted by atomic mass is 10.1. The Morgan fingerprint density at radius 1 is 1.23 bits per heavy atom. The lowest BCUT2D eigenvalue weighted by Gasteiger charge is -2.21. The van der Waals surface area contributed by atoms with Crippen molar-refractivity contribution in [1.29, 1.82) is 0 Å². The smallest absolute Gasteiger partial charge is 0.413 e. The maximum Gasteiger partial charge on any atom is 0.413 e. The maximum absolute atomic E-state index is 14.5. The Balaban J connectivity index is 0.000000676. The Morgan fingerprint density at radius 3 is 2.45 bits per heavy atom. The predicted molar refractivity (Wildman–Crippen MR) is 151 cm³/mol. The van der Waals surface area contributed by atoms with E-state index in [1.165, 1.54) is 19.6 Å². The number of phosphoric ester groups is 1. The van der Waals surface area contributed by atoms with Crippen molar-refractivity contribution in [2.75, 3.05) is 31.6 Å². The maximum atomic E-state index is 14.5. The van der Waals surface area contributed by atoms with E-state index in [0.717, 1.165) is 28.8 Å². The van der Waals surface area contributed by atoms with Crippen LogP contribution in [0.25, 0.3) is 11.0 Å². The Labute approximate surface area is 251 Å². The molecule has 14 nitrogen and oxygen atoms in total. The summed E-state index contributed by atoms with van der Waals surface area (Å²) < 4.78 is 59.7. The van der Waals surface area contributed by atoms with Crippen LogP contribution >= 0.6 is 7.82 Å². The molecule has 1 unspecified atom stereocenters. The molecule has 17 heteroatoms. The first-order valence-corrected chi connectivity index (χ1v) is 15.3. The monoisotopic (exact) mass is 646 g/mol. The number of aromatic nitrogens is 2. The molecule has 44 heavy (non-hydrogen) atoms. The van der Waals surface area contributed by atoms with Gasteiger partial charge in [0.05, 0.1) is 26.2 Å². The number of aliphatic hydroxyl groups is 1. The number of quaternary nitrogens is 1. The average molecular weight is 647 g/mol. The van der Waals surface area contributed by atoms with Gasteiger partial charge in [0.1, 0.15) is 23.3 Å². The molecule has 0 spiro atoms. The molecule has 1 saturated heterocycles. The number of anilines is 1. The molecule has 1 aliphatic rings. The van der Waals surface area contributed by atoms with E-state index < -0.39 is 50.6 Å². The highest BCUT2D eigenvalue weighted by atomic mass is 31.2. The van der Waals surface area contributed by atoms with E-state index in [1.807, 2.05) is 26.0 Å². The van der Waals surface area contributed by atoms with Gasteiger partial charge in [-0.2, -0.15) is 13.8 Å². The molecule has 0 saturated carbocycles. The molecule has 1 aromatic carbocycles. The first-order valence-electron chi connectivity index (χ1n) is 13.8. The van der Waals surface area contributed by atoms with Crippen LogP contribution in [0.1, 0.15) is 43.9 Å². The van der Waals surface area contributed by atoms with Crippen LogP contribution in [-0.4, -0.2) is 70.0 Å². The van der Waals surface area contributed by atoms with Gasteiger partial charge in [0.25, 0.3) is 7.82 Å². The summed E-state index contributed by atoms with van der Waals surface area (Å²) in [5.41, 5.74) is 1.32. The van der Waals surface area contributed by atoms with Gasteiger partial charge < -0.3 is 38.2 Å². The molecule has 1 fully saturated rings. The van der Waals surface area contributed by atoms with E-state index in [4.69, 9.17) is 18.8 Å². The van der Waals surface area contributed by atoms with Gasteiger partial charge in [0, 0.05) is 11.6 Å². The predicted octanol–water partition coefficient (Wildman–Crippen LogP) is 1.66. The number of amides is 1. The number of hydrogen-bond donors (Lipinski definition) is 4. The number of fused-ring (bicyclic) bond motifs is 1. The third-order valence-corrected chi connectivity index (χ3v) is 7.41. The Morgan fingerprint density at radius 2 is 1.89 bits per heavy atom. The van der Waals surface area contributed by atoms with Crippen LogP contribution < -0.4 is 20.8 Å². The van der Waals surface area contributed by atoms with Crippen LogP contribution in [-0.2, 0) is 25.2 Å². The molecule has 4 atom stereocenters. The Bertz CT molecular complexity index is 1530. The first-order chi connectivity index (χ1) is 20.6. The Kier molecular flexibility index (Phi) is 11.8. The van der Waals surface area contributed by atoms with Gasteiger partial charge in [-0.25, -0.2) is 9.59 Å². The van der Waals surface area contributed by atoms with Crippen molar-refractivity contribution >= 4 is 30.7 Å². The zero-order chi connectivity index (χ0) is 32.8. The Hall–Kier alpha value is -3.24. The highest BCUT2D eigenvalue weighted by molar-refractivity contribution is 7.44. The van der Waals surface area contributed by atoms with E-state index in [1.54, 1.807) is 11.0 Å². The molecule has 1 amide bonds. The van der Waals surface area contributed by atoms with Gasteiger partial charge in [-0.1, -0.05) is 11.6 Å². The molecule has 244 valence electrons. The molecule has 3 aromatic rings. The molecular weight excluding hydrogens is 609 g/mol. The van der Waals surface area contributed by atoms with Crippen LogP contribution in [0.4, 0.5) is 19.4 Å². The molecule has 3 heterocycles. The summed E-state index contributed by atoms with van der Waals surface area (Å²) in [7, 11) is -5.27. The summed E-state index contributed by atoms with van der Waals surface area (Å²) in [6.07, 6.45) is -7.00. The molecule has 0 bridgehead atoms. The van der Waals surface area contributed by atoms with E-state index in [2.05, 4.69) is 35.6 Å². The molecule has 4 rings (SSSR count). The second-order valence-corrected chi connectivity index (χ2v) is 11.3. The van der Waals surface area contributed by atoms with E-state index in [0.29, 0.717) is 15.9 Å². The van der Waals surface area contributed by atoms with Gasteiger partial charge >= 0.3 is 17.7 Å². The number of aliphatic hydroxyl groups excluding tert-OH is 1. The fourth-order valence-electron chi connectivity index (χ4n) is 4.60. The van der Waals surface area contributed by atoms with Crippen molar-refractivity contribution in [2.24, 2.45) is 0 Å². The highest BCUT2D eigenvalue weighted by Crippen LogP contribution is 2.43. The number of furan rings is 1. The third-order valence-electron chi connectivity index (χ3n) is 6.94. The lowest BCUT2D eigenvalue weighted by molar-refractivity contribution is -0.894. The molecule has 4 N–H and O–H groups in total. The van der Waals surface area contributed by atoms with Crippen molar-refractivity contribution in [1.82, 2.24) is 9.55 Å². The number of ether oxygens (including phenoxy) is 2. The summed E-state index contributed by atoms with van der Waals surface area (Å²) in [6.45, 7) is 12.9. The average Bonchev–Trinajstić information content (AvgIpc) is 3.45. The van der Waals surface area contributed by atoms with Crippen LogP contribution in [0.3, 0.4) is 0 Å². The van der Waals surface area contributed by atoms with E-state index >= 15 is 0 Å². The number of hydrogen-bond acceptors (Lipinski definition) is 10. The number of carbonyl (C=O) groups is 1. The SMILES string of the molecule is CC[NH+](CC)CC.Cc1cc(C)c2oc(COC(=O)Nc3ccn([C@@H]4O[C@H](COP(=O)([O-])O)[C@@H](O)C4(F)F)c(=O)n3)cc2c1. The molecule has 2 aromatic heterocycles. The third kappa shape index (κ3) is 8.91. The lowest BCUT2D eigenvalue weighted by Crippen LogP contribution is -3.11. The normalized spacial score (nSPS) is 20.7. The minimum Gasteiger partial charge on any atom is -0.756 e. The highest BCUT2D eigenvalue weighted by Gasteiger charge is 2.59. The van der Waals surface area contributed by atoms with Gasteiger partial charge in [-0.15, -0.1) is 0 Å². The van der Waals surface area contributed by atoms with Crippen molar-refractivity contribution in [3.05, 3.63) is 57.8 Å². The van der Waals surface area contributed by atoms with Gasteiger partial charge in [-0.05, 0) is 58.4 Å². The van der Waals surface area contributed by atoms with Crippen molar-refractivity contribution in [2.45, 2.75) is 65.6 Å². The van der Waals surface area contributed by atoms with E-state index in [9.17, 15) is 32.9 Å². The van der Waals surface area contributed by atoms with Crippen molar-refractivity contribution in [3.63, 3.8) is 0 Å². The largest absolute Gasteiger partial charge is 0.756 e. The summed E-state index contributed by atoms with van der Waals surface area (Å²) >= 11 is 0. The minimum absolute atomic E-state index is 0.232.